The molecule has 5 nitrogen and oxygen atoms in total. The van der Waals surface area contributed by atoms with Crippen LogP contribution in [-0.2, 0) is 23.9 Å². The average Bonchev–Trinajstić information content (AvgIpc) is 3.03. The van der Waals surface area contributed by atoms with Crippen LogP contribution in [0.1, 0.15) is 79.1 Å². The molecule has 0 N–H and O–H groups in total. The van der Waals surface area contributed by atoms with Crippen LogP contribution in [0.25, 0.3) is 0 Å². The van der Waals surface area contributed by atoms with Crippen LogP contribution in [0.3, 0.4) is 0 Å². The van der Waals surface area contributed by atoms with Crippen LogP contribution in [0, 0.1) is 34.5 Å². The van der Waals surface area contributed by atoms with Gasteiger partial charge in [0.1, 0.15) is 12.7 Å². The van der Waals surface area contributed by atoms with E-state index >= 15 is 0 Å². The number of allylic oxidation sites excluding steroid dienone is 1. The summed E-state index contributed by atoms with van der Waals surface area (Å²) in [7, 11) is 0. The lowest BCUT2D eigenvalue weighted by Crippen LogP contribution is -2.51. The summed E-state index contributed by atoms with van der Waals surface area (Å²) in [4.78, 5) is 35.4. The van der Waals surface area contributed by atoms with Crippen LogP contribution in [0.2, 0.25) is 0 Å². The Kier molecular flexibility index (Phi) is 5.61. The van der Waals surface area contributed by atoms with Gasteiger partial charge in [-0.2, -0.15) is 0 Å². The summed E-state index contributed by atoms with van der Waals surface area (Å²) in [5, 5.41) is 0. The first kappa shape index (κ1) is 21.6. The van der Waals surface area contributed by atoms with Gasteiger partial charge in [0.05, 0.1) is 0 Å². The predicted molar refractivity (Wildman–Crippen MR) is 112 cm³/mol. The Labute approximate surface area is 179 Å². The van der Waals surface area contributed by atoms with Gasteiger partial charge in [0, 0.05) is 26.2 Å². The number of ketones is 1. The Morgan fingerprint density at radius 1 is 1.00 bits per heavy atom. The van der Waals surface area contributed by atoms with E-state index in [-0.39, 0.29) is 47.2 Å². The van der Waals surface area contributed by atoms with Gasteiger partial charge in [0.2, 0.25) is 0 Å². The smallest absolute Gasteiger partial charge is 0.303 e. The van der Waals surface area contributed by atoms with Crippen LogP contribution in [0.5, 0.6) is 0 Å². The highest BCUT2D eigenvalue weighted by molar-refractivity contribution is 5.85. The lowest BCUT2D eigenvalue weighted by Gasteiger charge is -2.58. The molecule has 0 aliphatic heterocycles. The number of carbonyl (C=O) groups is 3. The zero-order chi connectivity index (χ0) is 21.7. The van der Waals surface area contributed by atoms with Crippen LogP contribution in [0.4, 0.5) is 0 Å². The van der Waals surface area contributed by atoms with Crippen LogP contribution in [0.15, 0.2) is 11.6 Å². The second-order valence-corrected chi connectivity index (χ2v) is 10.7. The van der Waals surface area contributed by atoms with E-state index in [1.807, 2.05) is 0 Å². The van der Waals surface area contributed by atoms with Gasteiger partial charge in [-0.25, -0.2) is 0 Å². The molecule has 0 bridgehead atoms. The first-order valence-electron chi connectivity index (χ1n) is 11.7. The van der Waals surface area contributed by atoms with Gasteiger partial charge in [-0.15, -0.1) is 0 Å². The summed E-state index contributed by atoms with van der Waals surface area (Å²) >= 11 is 0. The van der Waals surface area contributed by atoms with Crippen LogP contribution < -0.4 is 0 Å². The highest BCUT2D eigenvalue weighted by Crippen LogP contribution is 2.66. The standard InChI is InChI=1S/C25H36O5/c1-15(26)29-14-23(28)22-8-7-20-19-6-5-17-13-18(30-16(2)27)9-11-24(17,3)21(19)10-12-25(20,22)4/h5,18-22H,6-14H2,1-4H3. The molecule has 4 aliphatic carbocycles. The molecule has 0 aromatic carbocycles. The van der Waals surface area contributed by atoms with Gasteiger partial charge in [0.15, 0.2) is 5.78 Å². The summed E-state index contributed by atoms with van der Waals surface area (Å²) in [6, 6.07) is 0. The van der Waals surface area contributed by atoms with Crippen LogP contribution in [-0.4, -0.2) is 30.4 Å². The minimum Gasteiger partial charge on any atom is -0.462 e. The molecule has 166 valence electrons. The Balaban J connectivity index is 1.51. The molecule has 4 rings (SSSR count). The zero-order valence-electron chi connectivity index (χ0n) is 18.9. The quantitative estimate of drug-likeness (QED) is 0.494. The number of hydrogen-bond donors (Lipinski definition) is 0. The van der Waals surface area contributed by atoms with Gasteiger partial charge in [0.25, 0.3) is 0 Å². The summed E-state index contributed by atoms with van der Waals surface area (Å²) in [5.74, 6) is 1.39. The van der Waals surface area contributed by atoms with E-state index in [2.05, 4.69) is 19.9 Å². The number of hydrogen-bond acceptors (Lipinski definition) is 5. The maximum atomic E-state index is 12.9. The summed E-state index contributed by atoms with van der Waals surface area (Å²) in [6.07, 6.45) is 10.7. The number of rotatable bonds is 4. The molecular formula is C25H36O5. The maximum Gasteiger partial charge on any atom is 0.303 e. The van der Waals surface area contributed by atoms with Crippen LogP contribution >= 0.6 is 0 Å². The van der Waals surface area contributed by atoms with E-state index < -0.39 is 0 Å². The first-order chi connectivity index (χ1) is 14.1. The molecule has 0 aromatic rings. The molecule has 3 saturated carbocycles. The van der Waals surface area contributed by atoms with E-state index in [0.717, 1.165) is 51.4 Å². The molecular weight excluding hydrogens is 380 g/mol. The molecule has 7 unspecified atom stereocenters. The fourth-order valence-corrected chi connectivity index (χ4v) is 7.77. The third-order valence-electron chi connectivity index (χ3n) is 9.20. The van der Waals surface area contributed by atoms with Gasteiger partial charge in [-0.1, -0.05) is 25.5 Å². The van der Waals surface area contributed by atoms with Crippen molar-refractivity contribution in [2.75, 3.05) is 6.61 Å². The molecule has 4 aliphatic rings. The van der Waals surface area contributed by atoms with E-state index in [1.54, 1.807) is 0 Å². The Hall–Kier alpha value is -1.65. The van der Waals surface area contributed by atoms with Gasteiger partial charge < -0.3 is 9.47 Å². The average molecular weight is 417 g/mol. The molecule has 0 aromatic heterocycles. The zero-order valence-corrected chi connectivity index (χ0v) is 18.9. The molecule has 5 heteroatoms. The van der Waals surface area contributed by atoms with E-state index in [0.29, 0.717) is 17.8 Å². The van der Waals surface area contributed by atoms with Crippen molar-refractivity contribution in [1.82, 2.24) is 0 Å². The SMILES string of the molecule is CC(=O)OCC(=O)C1CCC2C3CC=C4CC(OC(C)=O)CCC4(C)C3CCC12C. The molecule has 3 fully saturated rings. The van der Waals surface area contributed by atoms with Gasteiger partial charge >= 0.3 is 11.9 Å². The fraction of sp³-hybridized carbons (Fsp3) is 0.800. The lowest BCUT2D eigenvalue weighted by molar-refractivity contribution is -0.150. The second-order valence-electron chi connectivity index (χ2n) is 10.7. The summed E-state index contributed by atoms with van der Waals surface area (Å²) < 4.78 is 10.6. The van der Waals surface area contributed by atoms with Gasteiger partial charge in [-0.05, 0) is 73.5 Å². The molecule has 7 atom stereocenters. The molecule has 0 saturated heterocycles. The minimum absolute atomic E-state index is 0.0145. The first-order valence-corrected chi connectivity index (χ1v) is 11.7. The molecule has 0 spiro atoms. The molecule has 30 heavy (non-hydrogen) atoms. The highest BCUT2D eigenvalue weighted by atomic mass is 16.5. The predicted octanol–water partition coefficient (Wildman–Crippen LogP) is 4.63. The van der Waals surface area contributed by atoms with Crippen molar-refractivity contribution in [1.29, 1.82) is 0 Å². The topological polar surface area (TPSA) is 69.7 Å². The third-order valence-corrected chi connectivity index (χ3v) is 9.20. The van der Waals surface area contributed by atoms with Crippen molar-refractivity contribution in [3.8, 4) is 0 Å². The Morgan fingerprint density at radius 3 is 2.47 bits per heavy atom. The maximum absolute atomic E-state index is 12.9. The van der Waals surface area contributed by atoms with Crippen molar-refractivity contribution in [2.24, 2.45) is 34.5 Å². The Morgan fingerprint density at radius 2 is 1.77 bits per heavy atom. The van der Waals surface area contributed by atoms with Crippen molar-refractivity contribution < 1.29 is 23.9 Å². The number of esters is 2. The molecule has 0 amide bonds. The van der Waals surface area contributed by atoms with Crippen molar-refractivity contribution in [3.63, 3.8) is 0 Å². The number of Topliss-reactive ketones (excluding diaryl/α,β-unsaturated/α-hetero) is 1. The molecule has 0 radical (unpaired) electrons. The fourth-order valence-electron chi connectivity index (χ4n) is 7.77. The molecule has 0 heterocycles. The van der Waals surface area contributed by atoms with E-state index in [9.17, 15) is 14.4 Å². The minimum atomic E-state index is -0.381. The summed E-state index contributed by atoms with van der Waals surface area (Å²) in [5.41, 5.74) is 1.71. The Bertz CT molecular complexity index is 770. The van der Waals surface area contributed by atoms with Crippen molar-refractivity contribution >= 4 is 17.7 Å². The second kappa shape index (κ2) is 7.80. The number of ether oxygens (including phenoxy) is 2. The van der Waals surface area contributed by atoms with E-state index in [1.165, 1.54) is 19.4 Å². The van der Waals surface area contributed by atoms with Crippen molar-refractivity contribution in [3.05, 3.63) is 11.6 Å². The lowest BCUT2D eigenvalue weighted by atomic mass is 9.47. The number of fused-ring (bicyclic) bond motifs is 5. The highest BCUT2D eigenvalue weighted by Gasteiger charge is 2.59. The monoisotopic (exact) mass is 416 g/mol. The largest absolute Gasteiger partial charge is 0.462 e. The van der Waals surface area contributed by atoms with Gasteiger partial charge in [-0.3, -0.25) is 14.4 Å². The summed E-state index contributed by atoms with van der Waals surface area (Å²) in [6.45, 7) is 7.54. The van der Waals surface area contributed by atoms with Crippen molar-refractivity contribution in [2.45, 2.75) is 85.2 Å². The number of carbonyl (C=O) groups excluding carboxylic acids is 3. The third kappa shape index (κ3) is 3.52. The normalized spacial score (nSPS) is 42.3. The van der Waals surface area contributed by atoms with E-state index in [4.69, 9.17) is 9.47 Å².